The number of aromatic nitrogens is 1. The number of amides is 1. The van der Waals surface area contributed by atoms with Crippen molar-refractivity contribution in [1.82, 2.24) is 4.98 Å². The van der Waals surface area contributed by atoms with E-state index in [0.29, 0.717) is 22.6 Å². The highest BCUT2D eigenvalue weighted by Gasteiger charge is 2.16. The molecule has 0 aliphatic carbocycles. The molecule has 0 saturated carbocycles. The fourth-order valence-corrected chi connectivity index (χ4v) is 3.37. The number of nitrogens with zero attached hydrogens (tertiary/aromatic N) is 1. The molecule has 3 aromatic carbocycles. The molecule has 3 N–H and O–H groups in total. The first-order valence-electron chi connectivity index (χ1n) is 9.76. The maximum atomic E-state index is 13.1. The standard InChI is InChI=1S/C25H23N3O2.ClH/c1-16-11-13-19(14-12-16)30-15-18-7-3-4-8-20(18)25(29)28-24-17(2)27-22-10-6-5-9-21(22)23(24)26;/h3-14H,15H2,1-2H3,(H2,26,27)(H,28,29);1H. The van der Waals surface area contributed by atoms with E-state index in [-0.39, 0.29) is 24.9 Å². The maximum absolute atomic E-state index is 13.1. The van der Waals surface area contributed by atoms with Gasteiger partial charge in [0.15, 0.2) is 0 Å². The highest BCUT2D eigenvalue weighted by molar-refractivity contribution is 6.09. The minimum atomic E-state index is -0.245. The summed E-state index contributed by atoms with van der Waals surface area (Å²) in [5.74, 6) is 0.514. The molecule has 0 unspecified atom stereocenters. The van der Waals surface area contributed by atoms with Gasteiger partial charge >= 0.3 is 0 Å². The van der Waals surface area contributed by atoms with Crippen LogP contribution >= 0.6 is 12.4 Å². The summed E-state index contributed by atoms with van der Waals surface area (Å²) in [6.45, 7) is 4.15. The number of hydrogen-bond donors (Lipinski definition) is 2. The van der Waals surface area contributed by atoms with Gasteiger partial charge in [-0.3, -0.25) is 9.78 Å². The number of aryl methyl sites for hydroxylation is 2. The molecule has 0 bridgehead atoms. The third-order valence-electron chi connectivity index (χ3n) is 5.03. The van der Waals surface area contributed by atoms with E-state index < -0.39 is 0 Å². The molecule has 6 heteroatoms. The van der Waals surface area contributed by atoms with Crippen molar-refractivity contribution in [2.75, 3.05) is 11.1 Å². The molecule has 158 valence electrons. The van der Waals surface area contributed by atoms with Crippen LogP contribution in [-0.2, 0) is 6.61 Å². The van der Waals surface area contributed by atoms with Crippen LogP contribution in [0.4, 0.5) is 11.4 Å². The van der Waals surface area contributed by atoms with Crippen molar-refractivity contribution in [1.29, 1.82) is 0 Å². The fraction of sp³-hybridized carbons (Fsp3) is 0.120. The number of ether oxygens (including phenoxy) is 1. The molecule has 4 aromatic rings. The van der Waals surface area contributed by atoms with Crippen molar-refractivity contribution in [2.45, 2.75) is 20.5 Å². The lowest BCUT2D eigenvalue weighted by Crippen LogP contribution is -2.17. The summed E-state index contributed by atoms with van der Waals surface area (Å²) in [6.07, 6.45) is 0. The van der Waals surface area contributed by atoms with Gasteiger partial charge in [-0.1, -0.05) is 54.1 Å². The van der Waals surface area contributed by atoms with Gasteiger partial charge in [0.2, 0.25) is 0 Å². The highest BCUT2D eigenvalue weighted by atomic mass is 35.5. The fourth-order valence-electron chi connectivity index (χ4n) is 3.37. The zero-order chi connectivity index (χ0) is 21.1. The van der Waals surface area contributed by atoms with Crippen molar-refractivity contribution in [3.63, 3.8) is 0 Å². The number of rotatable bonds is 5. The van der Waals surface area contributed by atoms with Gasteiger partial charge in [-0.05, 0) is 38.1 Å². The van der Waals surface area contributed by atoms with E-state index in [9.17, 15) is 4.79 Å². The Bertz CT molecular complexity index is 1220. The van der Waals surface area contributed by atoms with Crippen LogP contribution in [0.25, 0.3) is 10.9 Å². The van der Waals surface area contributed by atoms with E-state index in [1.54, 1.807) is 6.07 Å². The second-order valence-electron chi connectivity index (χ2n) is 7.22. The van der Waals surface area contributed by atoms with Crippen molar-refractivity contribution in [3.8, 4) is 5.75 Å². The van der Waals surface area contributed by atoms with E-state index in [4.69, 9.17) is 10.5 Å². The van der Waals surface area contributed by atoms with Crippen molar-refractivity contribution >= 4 is 40.6 Å². The predicted molar refractivity (Wildman–Crippen MR) is 128 cm³/mol. The van der Waals surface area contributed by atoms with Gasteiger partial charge in [-0.2, -0.15) is 0 Å². The van der Waals surface area contributed by atoms with E-state index in [1.807, 2.05) is 80.6 Å². The number of para-hydroxylation sites is 1. The number of hydrogen-bond acceptors (Lipinski definition) is 4. The van der Waals surface area contributed by atoms with Gasteiger partial charge in [-0.15, -0.1) is 12.4 Å². The Balaban J connectivity index is 0.00000272. The Kier molecular flexibility index (Phi) is 6.78. The quantitative estimate of drug-likeness (QED) is 0.424. The Hall–Kier alpha value is -3.57. The molecular formula is C25H24ClN3O2. The zero-order valence-electron chi connectivity index (χ0n) is 17.4. The first kappa shape index (κ1) is 22.1. The van der Waals surface area contributed by atoms with Gasteiger partial charge in [0.1, 0.15) is 12.4 Å². The summed E-state index contributed by atoms with van der Waals surface area (Å²) < 4.78 is 5.88. The first-order chi connectivity index (χ1) is 14.5. The predicted octanol–water partition coefficient (Wildman–Crippen LogP) is 5.69. The molecule has 0 aliphatic heterocycles. The number of carbonyl (C=O) groups is 1. The SMILES string of the molecule is Cc1ccc(OCc2ccccc2C(=O)Nc2c(C)nc3ccccc3c2N)cc1.Cl. The Morgan fingerprint density at radius 2 is 1.65 bits per heavy atom. The molecule has 1 heterocycles. The van der Waals surface area contributed by atoms with Crippen LogP contribution in [0.3, 0.4) is 0 Å². The molecule has 0 atom stereocenters. The summed E-state index contributed by atoms with van der Waals surface area (Å²) in [5, 5.41) is 3.77. The van der Waals surface area contributed by atoms with Crippen molar-refractivity contribution < 1.29 is 9.53 Å². The molecule has 31 heavy (non-hydrogen) atoms. The van der Waals surface area contributed by atoms with E-state index >= 15 is 0 Å². The largest absolute Gasteiger partial charge is 0.489 e. The Labute approximate surface area is 187 Å². The molecule has 0 aliphatic rings. The van der Waals surface area contributed by atoms with Crippen LogP contribution < -0.4 is 15.8 Å². The Morgan fingerprint density at radius 3 is 2.42 bits per heavy atom. The van der Waals surface area contributed by atoms with Gasteiger partial charge in [0.25, 0.3) is 5.91 Å². The number of benzene rings is 3. The average molecular weight is 434 g/mol. The van der Waals surface area contributed by atoms with Crippen LogP contribution in [0.2, 0.25) is 0 Å². The second kappa shape index (κ2) is 9.49. The second-order valence-corrected chi connectivity index (χ2v) is 7.22. The van der Waals surface area contributed by atoms with Gasteiger partial charge in [-0.25, -0.2) is 0 Å². The summed E-state index contributed by atoms with van der Waals surface area (Å²) in [7, 11) is 0. The number of halogens is 1. The van der Waals surface area contributed by atoms with Crippen LogP contribution in [0, 0.1) is 13.8 Å². The maximum Gasteiger partial charge on any atom is 0.256 e. The van der Waals surface area contributed by atoms with Crippen molar-refractivity contribution in [3.05, 3.63) is 95.2 Å². The number of fused-ring (bicyclic) bond motifs is 1. The summed E-state index contributed by atoms with van der Waals surface area (Å²) in [6, 6.07) is 22.8. The third-order valence-corrected chi connectivity index (χ3v) is 5.03. The van der Waals surface area contributed by atoms with E-state index in [1.165, 1.54) is 5.56 Å². The Morgan fingerprint density at radius 1 is 0.968 bits per heavy atom. The molecule has 0 radical (unpaired) electrons. The summed E-state index contributed by atoms with van der Waals surface area (Å²) >= 11 is 0. The number of pyridine rings is 1. The van der Waals surface area contributed by atoms with Gasteiger partial charge < -0.3 is 15.8 Å². The first-order valence-corrected chi connectivity index (χ1v) is 9.76. The van der Waals surface area contributed by atoms with Crippen LogP contribution in [0.5, 0.6) is 5.75 Å². The lowest BCUT2D eigenvalue weighted by Gasteiger charge is -2.15. The number of nitrogen functional groups attached to an aromatic ring is 1. The zero-order valence-corrected chi connectivity index (χ0v) is 18.2. The lowest BCUT2D eigenvalue weighted by atomic mass is 10.1. The van der Waals surface area contributed by atoms with Gasteiger partial charge in [0, 0.05) is 16.5 Å². The van der Waals surface area contributed by atoms with Gasteiger partial charge in [0.05, 0.1) is 22.6 Å². The number of anilines is 2. The monoisotopic (exact) mass is 433 g/mol. The lowest BCUT2D eigenvalue weighted by molar-refractivity contribution is 0.102. The number of nitrogens with two attached hydrogens (primary N) is 1. The number of carbonyl (C=O) groups excluding carboxylic acids is 1. The molecule has 0 spiro atoms. The minimum Gasteiger partial charge on any atom is -0.489 e. The molecule has 0 fully saturated rings. The molecule has 4 rings (SSSR count). The van der Waals surface area contributed by atoms with E-state index in [2.05, 4.69) is 10.3 Å². The third kappa shape index (κ3) is 4.78. The topological polar surface area (TPSA) is 77.2 Å². The smallest absolute Gasteiger partial charge is 0.256 e. The van der Waals surface area contributed by atoms with Crippen LogP contribution in [0.1, 0.15) is 27.2 Å². The molecular weight excluding hydrogens is 410 g/mol. The number of nitrogens with one attached hydrogen (secondary N) is 1. The van der Waals surface area contributed by atoms with Crippen molar-refractivity contribution in [2.24, 2.45) is 0 Å². The highest BCUT2D eigenvalue weighted by Crippen LogP contribution is 2.30. The molecule has 1 aromatic heterocycles. The molecule has 1 amide bonds. The molecule has 0 saturated heterocycles. The normalized spacial score (nSPS) is 10.4. The summed E-state index contributed by atoms with van der Waals surface area (Å²) in [4.78, 5) is 17.7. The summed E-state index contributed by atoms with van der Waals surface area (Å²) in [5.41, 5.74) is 11.4. The van der Waals surface area contributed by atoms with Crippen LogP contribution in [-0.4, -0.2) is 10.9 Å². The van der Waals surface area contributed by atoms with Crippen LogP contribution in [0.15, 0.2) is 72.8 Å². The minimum absolute atomic E-state index is 0. The molecule has 5 nitrogen and oxygen atoms in total. The average Bonchev–Trinajstić information content (AvgIpc) is 2.76. The van der Waals surface area contributed by atoms with E-state index in [0.717, 1.165) is 22.2 Å².